The van der Waals surface area contributed by atoms with Gasteiger partial charge in [0.05, 0.1) is 52.5 Å². The van der Waals surface area contributed by atoms with Crippen LogP contribution in [0, 0.1) is 22.7 Å². The van der Waals surface area contributed by atoms with Crippen molar-refractivity contribution in [2.75, 3.05) is 0 Å². The summed E-state index contributed by atoms with van der Waals surface area (Å²) < 4.78 is 13.9. The zero-order chi connectivity index (χ0) is 29.7. The van der Waals surface area contributed by atoms with Gasteiger partial charge in [-0.05, 0) is 71.6 Å². The van der Waals surface area contributed by atoms with Crippen LogP contribution in [-0.2, 0) is 5.41 Å². The van der Waals surface area contributed by atoms with E-state index in [2.05, 4.69) is 44.0 Å². The second kappa shape index (κ2) is 9.87. The highest BCUT2D eigenvalue weighted by molar-refractivity contribution is 6.12. The predicted molar refractivity (Wildman–Crippen MR) is 166 cm³/mol. The Balaban J connectivity index is 1.40. The van der Waals surface area contributed by atoms with Crippen LogP contribution < -0.4 is 4.74 Å². The van der Waals surface area contributed by atoms with Gasteiger partial charge in [-0.1, -0.05) is 32.9 Å². The number of furan rings is 1. The molecule has 0 N–H and O–H groups in total. The lowest BCUT2D eigenvalue weighted by atomic mass is 9.88. The van der Waals surface area contributed by atoms with Gasteiger partial charge in [0.1, 0.15) is 17.3 Å². The summed E-state index contributed by atoms with van der Waals surface area (Å²) in [7, 11) is 0. The van der Waals surface area contributed by atoms with Crippen LogP contribution in [0.5, 0.6) is 11.5 Å². The number of pyridine rings is 2. The summed E-state index contributed by atoms with van der Waals surface area (Å²) in [5, 5.41) is 22.5. The molecule has 0 amide bonds. The molecule has 4 aromatic heterocycles. The van der Waals surface area contributed by atoms with Crippen molar-refractivity contribution in [2.24, 2.45) is 0 Å². The van der Waals surface area contributed by atoms with Crippen molar-refractivity contribution in [3.63, 3.8) is 0 Å². The van der Waals surface area contributed by atoms with E-state index in [0.717, 1.165) is 55.4 Å². The Kier molecular flexibility index (Phi) is 5.97. The number of fused-ring (bicyclic) bond motifs is 4. The molecule has 0 spiro atoms. The van der Waals surface area contributed by atoms with Gasteiger partial charge < -0.3 is 9.15 Å². The van der Waals surface area contributed by atoms with Gasteiger partial charge >= 0.3 is 0 Å². The minimum Gasteiger partial charge on any atom is -0.463 e. The van der Waals surface area contributed by atoms with Crippen LogP contribution in [0.1, 0.15) is 37.5 Å². The molecule has 7 heteroatoms. The highest BCUT2D eigenvalue weighted by atomic mass is 16.5. The zero-order valence-electron chi connectivity index (χ0n) is 23.8. The number of aromatic nitrogens is 3. The second-order valence-corrected chi connectivity index (χ2v) is 11.5. The van der Waals surface area contributed by atoms with Crippen molar-refractivity contribution < 1.29 is 9.15 Å². The van der Waals surface area contributed by atoms with E-state index in [4.69, 9.17) is 14.1 Å². The molecule has 43 heavy (non-hydrogen) atoms. The molecule has 0 bridgehead atoms. The van der Waals surface area contributed by atoms with Gasteiger partial charge in [-0.2, -0.15) is 10.5 Å². The molecule has 0 aliphatic carbocycles. The molecule has 206 valence electrons. The van der Waals surface area contributed by atoms with Crippen LogP contribution >= 0.6 is 0 Å². The first-order chi connectivity index (χ1) is 20.8. The molecule has 0 atom stereocenters. The Morgan fingerprint density at radius 2 is 1.72 bits per heavy atom. The van der Waals surface area contributed by atoms with E-state index in [1.54, 1.807) is 24.6 Å². The maximum Gasteiger partial charge on any atom is 0.152 e. The van der Waals surface area contributed by atoms with Gasteiger partial charge in [0, 0.05) is 34.0 Å². The average Bonchev–Trinajstić information content (AvgIpc) is 3.62. The Hall–Kier alpha value is -5.92. The van der Waals surface area contributed by atoms with E-state index < -0.39 is 0 Å². The Labute approximate surface area is 247 Å². The quantitative estimate of drug-likeness (QED) is 0.214. The van der Waals surface area contributed by atoms with E-state index in [1.807, 2.05) is 71.4 Å². The number of benzene rings is 3. The van der Waals surface area contributed by atoms with Crippen molar-refractivity contribution in [3.8, 4) is 40.7 Å². The zero-order valence-corrected chi connectivity index (χ0v) is 23.8. The summed E-state index contributed by atoms with van der Waals surface area (Å²) in [6.45, 7) is 6.48. The minimum absolute atomic E-state index is 0.0848. The fourth-order valence-electron chi connectivity index (χ4n) is 5.47. The Morgan fingerprint density at radius 3 is 2.53 bits per heavy atom. The summed E-state index contributed by atoms with van der Waals surface area (Å²) in [5.74, 6) is 1.84. The number of ether oxygens (including phenoxy) is 1. The minimum atomic E-state index is -0.0848. The van der Waals surface area contributed by atoms with E-state index in [1.165, 1.54) is 0 Å². The van der Waals surface area contributed by atoms with Gasteiger partial charge in [-0.25, -0.2) is 4.98 Å². The molecule has 0 aliphatic heterocycles. The smallest absolute Gasteiger partial charge is 0.152 e. The van der Waals surface area contributed by atoms with Crippen LogP contribution in [0.2, 0.25) is 0 Å². The first-order valence-electron chi connectivity index (χ1n) is 13.8. The predicted octanol–water partition coefficient (Wildman–Crippen LogP) is 8.82. The summed E-state index contributed by atoms with van der Waals surface area (Å²) in [4.78, 5) is 9.28. The lowest BCUT2D eigenvalue weighted by molar-refractivity contribution is 0.483. The maximum absolute atomic E-state index is 10.3. The third kappa shape index (κ3) is 4.54. The lowest BCUT2D eigenvalue weighted by Gasteiger charge is -2.20. The van der Waals surface area contributed by atoms with E-state index in [0.29, 0.717) is 22.6 Å². The highest BCUT2D eigenvalue weighted by Crippen LogP contribution is 2.39. The van der Waals surface area contributed by atoms with Gasteiger partial charge in [-0.15, -0.1) is 0 Å². The van der Waals surface area contributed by atoms with Crippen molar-refractivity contribution in [1.29, 1.82) is 10.5 Å². The maximum atomic E-state index is 10.3. The number of nitriles is 2. The summed E-state index contributed by atoms with van der Waals surface area (Å²) in [6.07, 6.45) is 5.17. The SMILES string of the molecule is CC(C)(C)c1ccnc(-n2c3ccc(C#N)cc3c3c(C#N)cc(Oc4cccc(-c5cc6ccoc6cn5)c4)cc32)c1. The van der Waals surface area contributed by atoms with Gasteiger partial charge in [0.25, 0.3) is 0 Å². The topological polar surface area (TPSA) is 101 Å². The first-order valence-corrected chi connectivity index (χ1v) is 13.8. The molecule has 7 nitrogen and oxygen atoms in total. The fraction of sp³-hybridized carbons (Fsp3) is 0.111. The molecule has 7 aromatic rings. The van der Waals surface area contributed by atoms with E-state index in [-0.39, 0.29) is 5.41 Å². The number of nitrogens with zero attached hydrogens (tertiary/aromatic N) is 5. The normalized spacial score (nSPS) is 11.6. The molecule has 0 radical (unpaired) electrons. The van der Waals surface area contributed by atoms with E-state index in [9.17, 15) is 10.5 Å². The van der Waals surface area contributed by atoms with Crippen LogP contribution in [0.15, 0.2) is 102 Å². The van der Waals surface area contributed by atoms with Gasteiger partial charge in [-0.3, -0.25) is 9.55 Å². The molecule has 0 saturated heterocycles. The third-order valence-corrected chi connectivity index (χ3v) is 7.63. The van der Waals surface area contributed by atoms with Crippen molar-refractivity contribution in [3.05, 3.63) is 114 Å². The van der Waals surface area contributed by atoms with Gasteiger partial charge in [0.2, 0.25) is 0 Å². The van der Waals surface area contributed by atoms with Crippen LogP contribution in [0.4, 0.5) is 0 Å². The number of hydrogen-bond acceptors (Lipinski definition) is 6. The van der Waals surface area contributed by atoms with Crippen LogP contribution in [0.25, 0.3) is 49.9 Å². The largest absolute Gasteiger partial charge is 0.463 e. The molecule has 0 aliphatic rings. The summed E-state index contributed by atoms with van der Waals surface area (Å²) >= 11 is 0. The lowest BCUT2D eigenvalue weighted by Crippen LogP contribution is -2.12. The van der Waals surface area contributed by atoms with E-state index >= 15 is 0 Å². The van der Waals surface area contributed by atoms with Crippen molar-refractivity contribution >= 4 is 32.8 Å². The Bertz CT molecular complexity index is 2290. The molecule has 4 heterocycles. The molecule has 3 aromatic carbocycles. The van der Waals surface area contributed by atoms with Crippen molar-refractivity contribution in [2.45, 2.75) is 26.2 Å². The molecular formula is C36H25N5O2. The number of hydrogen-bond donors (Lipinski definition) is 0. The molecule has 0 fully saturated rings. The van der Waals surface area contributed by atoms with Crippen LogP contribution in [0.3, 0.4) is 0 Å². The molecule has 0 saturated carbocycles. The summed E-state index contributed by atoms with van der Waals surface area (Å²) in [5.41, 5.74) is 6.05. The van der Waals surface area contributed by atoms with Gasteiger partial charge in [0.15, 0.2) is 5.58 Å². The Morgan fingerprint density at radius 1 is 0.837 bits per heavy atom. The molecule has 0 unspecified atom stereocenters. The highest BCUT2D eigenvalue weighted by Gasteiger charge is 2.21. The fourth-order valence-corrected chi connectivity index (χ4v) is 5.47. The standard InChI is InChI=1S/C36H25N5O2/c1-36(2,3)26-9-11-39-34(17-26)41-31-8-7-22(19-37)13-29(31)35-25(20-38)15-28(18-32(35)41)43-27-6-4-5-23(14-27)30-16-24-10-12-42-33(24)21-40-30/h4-18,21H,1-3H3. The number of rotatable bonds is 4. The monoisotopic (exact) mass is 559 g/mol. The third-order valence-electron chi connectivity index (χ3n) is 7.63. The van der Waals surface area contributed by atoms with Crippen LogP contribution in [-0.4, -0.2) is 14.5 Å². The first kappa shape index (κ1) is 26.0. The molecule has 7 rings (SSSR count). The average molecular weight is 560 g/mol. The molecular weight excluding hydrogens is 534 g/mol. The summed E-state index contributed by atoms with van der Waals surface area (Å²) in [6, 6.07) is 29.5. The second-order valence-electron chi connectivity index (χ2n) is 11.5. The van der Waals surface area contributed by atoms with Crippen molar-refractivity contribution in [1.82, 2.24) is 14.5 Å².